The van der Waals surface area contributed by atoms with Gasteiger partial charge in [0.25, 0.3) is 0 Å². The lowest BCUT2D eigenvalue weighted by Crippen LogP contribution is -2.30. The van der Waals surface area contributed by atoms with Crippen LogP contribution in [0.15, 0.2) is 17.0 Å². The molecule has 1 aromatic carbocycles. The van der Waals surface area contributed by atoms with Gasteiger partial charge in [-0.1, -0.05) is 0 Å². The second-order valence-corrected chi connectivity index (χ2v) is 7.08. The Bertz CT molecular complexity index is 627. The van der Waals surface area contributed by atoms with Crippen LogP contribution in [0.3, 0.4) is 0 Å². The minimum Gasteiger partial charge on any atom is -0.492 e. The molecular formula is C13H17FN2O3S. The highest BCUT2D eigenvalue weighted by Crippen LogP contribution is 2.38. The summed E-state index contributed by atoms with van der Waals surface area (Å²) < 4.78 is 45.8. The van der Waals surface area contributed by atoms with E-state index < -0.39 is 15.8 Å². The molecule has 1 atom stereocenters. The van der Waals surface area contributed by atoms with E-state index in [-0.39, 0.29) is 16.7 Å². The fraction of sp³-hybridized carbons (Fsp3) is 0.538. The van der Waals surface area contributed by atoms with Gasteiger partial charge in [-0.2, -0.15) is 4.31 Å². The fourth-order valence-corrected chi connectivity index (χ4v) is 4.41. The van der Waals surface area contributed by atoms with Gasteiger partial charge in [0.2, 0.25) is 10.0 Å². The Morgan fingerprint density at radius 3 is 2.70 bits per heavy atom. The molecule has 2 aliphatic heterocycles. The highest BCUT2D eigenvalue weighted by molar-refractivity contribution is 7.89. The van der Waals surface area contributed by atoms with E-state index in [1.165, 1.54) is 10.4 Å². The molecule has 2 heterocycles. The van der Waals surface area contributed by atoms with Gasteiger partial charge in [-0.05, 0) is 25.0 Å². The third-order valence-corrected chi connectivity index (χ3v) is 5.71. The number of ether oxygens (including phenoxy) is 1. The van der Waals surface area contributed by atoms with Crippen LogP contribution in [0.4, 0.5) is 4.39 Å². The molecule has 5 nitrogen and oxygen atoms in total. The van der Waals surface area contributed by atoms with E-state index in [0.717, 1.165) is 18.9 Å². The van der Waals surface area contributed by atoms with Crippen molar-refractivity contribution in [2.75, 3.05) is 19.7 Å². The zero-order valence-corrected chi connectivity index (χ0v) is 11.8. The van der Waals surface area contributed by atoms with Gasteiger partial charge in [0.1, 0.15) is 16.5 Å². The number of halogens is 1. The smallest absolute Gasteiger partial charge is 0.246 e. The van der Waals surface area contributed by atoms with Gasteiger partial charge in [-0.15, -0.1) is 0 Å². The summed E-state index contributed by atoms with van der Waals surface area (Å²) in [7, 11) is -3.71. The van der Waals surface area contributed by atoms with Gasteiger partial charge < -0.3 is 10.5 Å². The van der Waals surface area contributed by atoms with Crippen molar-refractivity contribution in [3.63, 3.8) is 0 Å². The molecule has 3 rings (SSSR count). The summed E-state index contributed by atoms with van der Waals surface area (Å²) in [5.74, 6) is -0.375. The van der Waals surface area contributed by atoms with Crippen LogP contribution in [-0.4, -0.2) is 32.4 Å². The molecule has 1 saturated heterocycles. The van der Waals surface area contributed by atoms with Crippen molar-refractivity contribution in [2.45, 2.75) is 30.2 Å². The third-order valence-electron chi connectivity index (χ3n) is 3.81. The third kappa shape index (κ3) is 2.19. The molecular weight excluding hydrogens is 283 g/mol. The summed E-state index contributed by atoms with van der Waals surface area (Å²) >= 11 is 0. The maximum Gasteiger partial charge on any atom is 0.246 e. The van der Waals surface area contributed by atoms with E-state index in [2.05, 4.69) is 0 Å². The van der Waals surface area contributed by atoms with Gasteiger partial charge in [0.05, 0.1) is 6.61 Å². The lowest BCUT2D eigenvalue weighted by Gasteiger charge is -2.26. The Labute approximate surface area is 117 Å². The molecule has 0 aromatic heterocycles. The number of nitrogens with two attached hydrogens (primary N) is 1. The Balaban J connectivity index is 2.14. The number of sulfonamides is 1. The normalized spacial score (nSPS) is 23.4. The Hall–Kier alpha value is -1.18. The van der Waals surface area contributed by atoms with Crippen molar-refractivity contribution in [1.29, 1.82) is 0 Å². The molecule has 7 heteroatoms. The molecule has 0 aliphatic carbocycles. The fourth-order valence-electron chi connectivity index (χ4n) is 2.72. The Morgan fingerprint density at radius 1 is 1.30 bits per heavy atom. The number of rotatable bonds is 2. The Kier molecular flexibility index (Phi) is 3.43. The first-order valence-electron chi connectivity index (χ1n) is 6.72. The van der Waals surface area contributed by atoms with Crippen LogP contribution < -0.4 is 10.5 Å². The molecule has 2 N–H and O–H groups in total. The van der Waals surface area contributed by atoms with Crippen LogP contribution in [-0.2, 0) is 10.0 Å². The summed E-state index contributed by atoms with van der Waals surface area (Å²) in [5, 5.41) is 0. The van der Waals surface area contributed by atoms with E-state index in [9.17, 15) is 12.8 Å². The van der Waals surface area contributed by atoms with Crippen molar-refractivity contribution in [3.8, 4) is 5.75 Å². The minimum absolute atomic E-state index is 0.0930. The molecule has 20 heavy (non-hydrogen) atoms. The first-order chi connectivity index (χ1) is 9.50. The highest BCUT2D eigenvalue weighted by atomic mass is 32.2. The number of benzene rings is 1. The van der Waals surface area contributed by atoms with Crippen molar-refractivity contribution in [1.82, 2.24) is 4.31 Å². The lowest BCUT2D eigenvalue weighted by molar-refractivity contribution is 0.259. The van der Waals surface area contributed by atoms with Crippen molar-refractivity contribution in [2.24, 2.45) is 5.73 Å². The van der Waals surface area contributed by atoms with E-state index >= 15 is 0 Å². The summed E-state index contributed by atoms with van der Waals surface area (Å²) in [6.45, 7) is 1.29. The topological polar surface area (TPSA) is 72.6 Å². The average Bonchev–Trinajstić information content (AvgIpc) is 2.93. The molecule has 0 saturated carbocycles. The van der Waals surface area contributed by atoms with E-state index in [1.807, 2.05) is 0 Å². The number of nitrogens with zero attached hydrogens (tertiary/aromatic N) is 1. The van der Waals surface area contributed by atoms with Gasteiger partial charge in [0, 0.05) is 31.1 Å². The molecule has 0 amide bonds. The van der Waals surface area contributed by atoms with Gasteiger partial charge in [0.15, 0.2) is 0 Å². The molecule has 1 unspecified atom stereocenters. The van der Waals surface area contributed by atoms with Gasteiger partial charge in [-0.25, -0.2) is 12.8 Å². The predicted octanol–water partition coefficient (Wildman–Crippen LogP) is 1.39. The van der Waals surface area contributed by atoms with Crippen LogP contribution in [0.5, 0.6) is 5.75 Å². The van der Waals surface area contributed by atoms with E-state index in [0.29, 0.717) is 31.7 Å². The molecule has 1 fully saturated rings. The second kappa shape index (κ2) is 4.98. The molecule has 1 aromatic rings. The zero-order chi connectivity index (χ0) is 14.3. The highest BCUT2D eigenvalue weighted by Gasteiger charge is 2.34. The lowest BCUT2D eigenvalue weighted by atomic mass is 10.0. The minimum atomic E-state index is -3.71. The monoisotopic (exact) mass is 300 g/mol. The SMILES string of the molecule is NC1CCOc2c1cc(F)cc2S(=O)(=O)N1CCCC1. The number of fused-ring (bicyclic) bond motifs is 1. The maximum atomic E-state index is 13.8. The average molecular weight is 300 g/mol. The summed E-state index contributed by atoms with van der Waals surface area (Å²) in [6.07, 6.45) is 2.22. The largest absolute Gasteiger partial charge is 0.492 e. The van der Waals surface area contributed by atoms with Crippen LogP contribution >= 0.6 is 0 Å². The summed E-state index contributed by atoms with van der Waals surface area (Å²) in [4.78, 5) is -0.0930. The first-order valence-corrected chi connectivity index (χ1v) is 8.16. The quantitative estimate of drug-likeness (QED) is 0.896. The standard InChI is InChI=1S/C13H17FN2O3S/c14-9-7-10-11(15)3-6-19-13(10)12(8-9)20(17,18)16-4-1-2-5-16/h7-8,11H,1-6,15H2. The summed E-state index contributed by atoms with van der Waals surface area (Å²) in [6, 6.07) is 1.91. The summed E-state index contributed by atoms with van der Waals surface area (Å²) in [5.41, 5.74) is 6.36. The Morgan fingerprint density at radius 2 is 2.00 bits per heavy atom. The van der Waals surface area contributed by atoms with Crippen molar-refractivity contribution in [3.05, 3.63) is 23.5 Å². The number of hydrogen-bond acceptors (Lipinski definition) is 4. The molecule has 0 spiro atoms. The maximum absolute atomic E-state index is 13.8. The van der Waals surface area contributed by atoms with Crippen LogP contribution in [0.2, 0.25) is 0 Å². The van der Waals surface area contributed by atoms with Crippen molar-refractivity contribution < 1.29 is 17.5 Å². The number of hydrogen-bond donors (Lipinski definition) is 1. The second-order valence-electron chi connectivity index (χ2n) is 5.18. The zero-order valence-electron chi connectivity index (χ0n) is 11.0. The predicted molar refractivity (Wildman–Crippen MR) is 71.4 cm³/mol. The van der Waals surface area contributed by atoms with E-state index in [4.69, 9.17) is 10.5 Å². The molecule has 2 aliphatic rings. The van der Waals surface area contributed by atoms with Gasteiger partial charge in [-0.3, -0.25) is 0 Å². The molecule has 0 radical (unpaired) electrons. The first kappa shape index (κ1) is 13.8. The van der Waals surface area contributed by atoms with Crippen LogP contribution in [0.1, 0.15) is 30.9 Å². The molecule has 110 valence electrons. The molecule has 0 bridgehead atoms. The van der Waals surface area contributed by atoms with Crippen LogP contribution in [0.25, 0.3) is 0 Å². The van der Waals surface area contributed by atoms with Gasteiger partial charge >= 0.3 is 0 Å². The van der Waals surface area contributed by atoms with Crippen molar-refractivity contribution >= 4 is 10.0 Å². The van der Waals surface area contributed by atoms with E-state index in [1.54, 1.807) is 0 Å². The van der Waals surface area contributed by atoms with Crippen LogP contribution in [0, 0.1) is 5.82 Å².